The number of benzene rings is 2. The van der Waals surface area contributed by atoms with Crippen molar-refractivity contribution in [3.8, 4) is 0 Å². The van der Waals surface area contributed by atoms with Gasteiger partial charge in [0.15, 0.2) is 0 Å². The molecule has 5 heteroatoms. The molecule has 0 aromatic heterocycles. The number of fused-ring (bicyclic) bond motifs is 1. The molecule has 2 amide bonds. The Morgan fingerprint density at radius 1 is 1.15 bits per heavy atom. The van der Waals surface area contributed by atoms with Crippen molar-refractivity contribution in [3.63, 3.8) is 0 Å². The van der Waals surface area contributed by atoms with Crippen LogP contribution >= 0.6 is 0 Å². The smallest absolute Gasteiger partial charge is 0.315 e. The number of anilines is 1. The molecule has 2 aliphatic rings. The van der Waals surface area contributed by atoms with Gasteiger partial charge in [-0.25, -0.2) is 4.79 Å². The van der Waals surface area contributed by atoms with Crippen LogP contribution in [0.25, 0.3) is 0 Å². The molecule has 2 aromatic rings. The van der Waals surface area contributed by atoms with Crippen molar-refractivity contribution in [2.45, 2.75) is 38.0 Å². The zero-order valence-corrected chi connectivity index (χ0v) is 14.8. The second-order valence-electron chi connectivity index (χ2n) is 6.90. The first-order chi connectivity index (χ1) is 12.8. The minimum Gasteiger partial charge on any atom is -0.385 e. The fourth-order valence-corrected chi connectivity index (χ4v) is 3.85. The van der Waals surface area contributed by atoms with Gasteiger partial charge in [0.25, 0.3) is 0 Å². The summed E-state index contributed by atoms with van der Waals surface area (Å²) in [6, 6.07) is 16.2. The molecule has 26 heavy (non-hydrogen) atoms. The van der Waals surface area contributed by atoms with Crippen LogP contribution in [0.4, 0.5) is 10.5 Å². The quantitative estimate of drug-likeness (QED) is 0.791. The lowest BCUT2D eigenvalue weighted by molar-refractivity contribution is 0.0999. The standard InChI is InChI=1S/C21H25N3O2/c25-21(23-14-16-8-4-10-18-17(16)9-5-12-22-18)24-19-11-13-26-20(19)15-6-2-1-3-7-15/h1-4,6-8,10,19-20,22H,5,9,11-14H2,(H2,23,24,25)/t19-,20+/m1/s1. The summed E-state index contributed by atoms with van der Waals surface area (Å²) in [5.41, 5.74) is 4.82. The van der Waals surface area contributed by atoms with E-state index in [1.807, 2.05) is 36.4 Å². The highest BCUT2D eigenvalue weighted by atomic mass is 16.5. The number of carbonyl (C=O) groups excluding carboxylic acids is 1. The molecule has 2 atom stereocenters. The number of carbonyl (C=O) groups is 1. The van der Waals surface area contributed by atoms with Gasteiger partial charge in [-0.05, 0) is 42.0 Å². The number of urea groups is 1. The molecular weight excluding hydrogens is 326 g/mol. The number of hydrogen-bond acceptors (Lipinski definition) is 3. The maximum Gasteiger partial charge on any atom is 0.315 e. The summed E-state index contributed by atoms with van der Waals surface area (Å²) in [5, 5.41) is 9.53. The summed E-state index contributed by atoms with van der Waals surface area (Å²) in [5.74, 6) is 0. The van der Waals surface area contributed by atoms with Gasteiger partial charge in [-0.2, -0.15) is 0 Å². The van der Waals surface area contributed by atoms with Crippen LogP contribution in [0.15, 0.2) is 48.5 Å². The molecule has 0 saturated carbocycles. The molecule has 0 radical (unpaired) electrons. The Morgan fingerprint density at radius 2 is 2.04 bits per heavy atom. The van der Waals surface area contributed by atoms with Crippen molar-refractivity contribution in [1.82, 2.24) is 10.6 Å². The number of ether oxygens (including phenoxy) is 1. The minimum atomic E-state index is -0.136. The number of amides is 2. The summed E-state index contributed by atoms with van der Waals surface area (Å²) in [4.78, 5) is 12.4. The molecule has 0 bridgehead atoms. The molecule has 136 valence electrons. The monoisotopic (exact) mass is 351 g/mol. The Balaban J connectivity index is 1.36. The Labute approximate surface area is 154 Å². The van der Waals surface area contributed by atoms with Gasteiger partial charge in [0, 0.05) is 25.4 Å². The number of nitrogens with one attached hydrogen (secondary N) is 3. The summed E-state index contributed by atoms with van der Waals surface area (Å²) < 4.78 is 5.84. The molecule has 4 rings (SSSR count). The summed E-state index contributed by atoms with van der Waals surface area (Å²) in [6.07, 6.45) is 2.95. The first-order valence-electron chi connectivity index (χ1n) is 9.37. The zero-order chi connectivity index (χ0) is 17.8. The third-order valence-corrected chi connectivity index (χ3v) is 5.17. The molecule has 5 nitrogen and oxygen atoms in total. The van der Waals surface area contributed by atoms with Gasteiger partial charge < -0.3 is 20.7 Å². The molecule has 2 heterocycles. The van der Waals surface area contributed by atoms with E-state index in [2.05, 4.69) is 28.1 Å². The largest absolute Gasteiger partial charge is 0.385 e. The van der Waals surface area contributed by atoms with E-state index in [1.165, 1.54) is 16.8 Å². The topological polar surface area (TPSA) is 62.4 Å². The normalized spacial score (nSPS) is 21.5. The van der Waals surface area contributed by atoms with Crippen LogP contribution in [0, 0.1) is 0 Å². The van der Waals surface area contributed by atoms with E-state index in [1.54, 1.807) is 0 Å². The zero-order valence-electron chi connectivity index (χ0n) is 14.8. The second-order valence-corrected chi connectivity index (χ2v) is 6.90. The van der Waals surface area contributed by atoms with Gasteiger partial charge in [0.1, 0.15) is 6.10 Å². The lowest BCUT2D eigenvalue weighted by Crippen LogP contribution is -2.43. The maximum absolute atomic E-state index is 12.4. The molecular formula is C21H25N3O2. The molecule has 2 aromatic carbocycles. The molecule has 1 saturated heterocycles. The van der Waals surface area contributed by atoms with E-state index in [9.17, 15) is 4.79 Å². The third-order valence-electron chi connectivity index (χ3n) is 5.17. The predicted octanol–water partition coefficient (Wildman–Crippen LogP) is 3.37. The van der Waals surface area contributed by atoms with E-state index in [0.717, 1.165) is 31.4 Å². The van der Waals surface area contributed by atoms with Crippen LogP contribution in [0.2, 0.25) is 0 Å². The van der Waals surface area contributed by atoms with E-state index in [4.69, 9.17) is 4.74 Å². The summed E-state index contributed by atoms with van der Waals surface area (Å²) >= 11 is 0. The third kappa shape index (κ3) is 3.68. The van der Waals surface area contributed by atoms with Crippen molar-refractivity contribution in [3.05, 3.63) is 65.2 Å². The van der Waals surface area contributed by atoms with Crippen molar-refractivity contribution in [1.29, 1.82) is 0 Å². The van der Waals surface area contributed by atoms with Crippen molar-refractivity contribution < 1.29 is 9.53 Å². The highest BCUT2D eigenvalue weighted by molar-refractivity contribution is 5.74. The van der Waals surface area contributed by atoms with Crippen molar-refractivity contribution in [2.75, 3.05) is 18.5 Å². The fourth-order valence-electron chi connectivity index (χ4n) is 3.85. The number of hydrogen-bond donors (Lipinski definition) is 3. The van der Waals surface area contributed by atoms with Gasteiger partial charge in [-0.3, -0.25) is 0 Å². The Hall–Kier alpha value is -2.53. The second kappa shape index (κ2) is 7.79. The fraction of sp³-hybridized carbons (Fsp3) is 0.381. The molecule has 1 fully saturated rings. The lowest BCUT2D eigenvalue weighted by atomic mass is 9.97. The van der Waals surface area contributed by atoms with Crippen LogP contribution in [-0.2, 0) is 17.7 Å². The van der Waals surface area contributed by atoms with Gasteiger partial charge in [-0.15, -0.1) is 0 Å². The van der Waals surface area contributed by atoms with Crippen LogP contribution in [-0.4, -0.2) is 25.2 Å². The van der Waals surface area contributed by atoms with E-state index in [-0.39, 0.29) is 18.2 Å². The van der Waals surface area contributed by atoms with Gasteiger partial charge in [0.2, 0.25) is 0 Å². The average molecular weight is 351 g/mol. The van der Waals surface area contributed by atoms with Crippen LogP contribution in [0.3, 0.4) is 0 Å². The summed E-state index contributed by atoms with van der Waals surface area (Å²) in [6.45, 7) is 2.23. The van der Waals surface area contributed by atoms with Crippen molar-refractivity contribution in [2.24, 2.45) is 0 Å². The van der Waals surface area contributed by atoms with Crippen molar-refractivity contribution >= 4 is 11.7 Å². The van der Waals surface area contributed by atoms with Crippen LogP contribution < -0.4 is 16.0 Å². The molecule has 0 spiro atoms. The van der Waals surface area contributed by atoms with E-state index in [0.29, 0.717) is 13.2 Å². The Bertz CT molecular complexity index is 763. The predicted molar refractivity (Wildman–Crippen MR) is 102 cm³/mol. The van der Waals surface area contributed by atoms with E-state index >= 15 is 0 Å². The Kier molecular flexibility index (Phi) is 5.07. The minimum absolute atomic E-state index is 0.00348. The van der Waals surface area contributed by atoms with Crippen LogP contribution in [0.5, 0.6) is 0 Å². The molecule has 3 N–H and O–H groups in total. The highest BCUT2D eigenvalue weighted by Crippen LogP contribution is 2.29. The van der Waals surface area contributed by atoms with Gasteiger partial charge in [0.05, 0.1) is 6.04 Å². The first-order valence-corrected chi connectivity index (χ1v) is 9.37. The molecule has 0 unspecified atom stereocenters. The summed E-state index contributed by atoms with van der Waals surface area (Å²) in [7, 11) is 0. The number of rotatable bonds is 4. The molecule has 2 aliphatic heterocycles. The van der Waals surface area contributed by atoms with Crippen LogP contribution in [0.1, 0.15) is 35.6 Å². The van der Waals surface area contributed by atoms with Gasteiger partial charge >= 0.3 is 6.03 Å². The lowest BCUT2D eigenvalue weighted by Gasteiger charge is -2.22. The highest BCUT2D eigenvalue weighted by Gasteiger charge is 2.30. The first kappa shape index (κ1) is 16.9. The SMILES string of the molecule is O=C(NCc1cccc2c1CCCN2)N[C@@H]1CCO[C@H]1c1ccccc1. The van der Waals surface area contributed by atoms with Gasteiger partial charge in [-0.1, -0.05) is 42.5 Å². The van der Waals surface area contributed by atoms with E-state index < -0.39 is 0 Å². The average Bonchev–Trinajstić information content (AvgIpc) is 3.15. The maximum atomic E-state index is 12.4. The molecule has 0 aliphatic carbocycles. The Morgan fingerprint density at radius 3 is 2.92 bits per heavy atom.